The number of Topliss-reactive ketones (excluding diaryl/α,β-unsaturated/α-hetero) is 1. The summed E-state index contributed by atoms with van der Waals surface area (Å²) in [6.07, 6.45) is -2.56. The third kappa shape index (κ3) is 4.37. The molecular formula is C29H41NO10. The van der Waals surface area contributed by atoms with Gasteiger partial charge in [-0.2, -0.15) is 0 Å². The number of fused-ring (bicyclic) bond motifs is 2. The van der Waals surface area contributed by atoms with Crippen LogP contribution < -0.4 is 5.32 Å². The minimum Gasteiger partial charge on any atom is -0.504 e. The Morgan fingerprint density at radius 3 is 2.48 bits per heavy atom. The summed E-state index contributed by atoms with van der Waals surface area (Å²) in [7, 11) is 1.49. The molecule has 0 radical (unpaired) electrons. The topological polar surface area (TPSA) is 169 Å². The first-order valence-electron chi connectivity index (χ1n) is 13.7. The molecule has 4 rings (SSSR count). The van der Waals surface area contributed by atoms with Gasteiger partial charge in [-0.3, -0.25) is 9.59 Å². The van der Waals surface area contributed by atoms with Crippen molar-refractivity contribution < 1.29 is 48.7 Å². The minimum absolute atomic E-state index is 0.101. The van der Waals surface area contributed by atoms with Crippen molar-refractivity contribution in [3.8, 4) is 0 Å². The summed E-state index contributed by atoms with van der Waals surface area (Å²) in [5.74, 6) is -5.30. The average Bonchev–Trinajstić information content (AvgIpc) is 2.86. The number of amides is 1. The quantitative estimate of drug-likeness (QED) is 0.202. The molecule has 3 aliphatic carbocycles. The second kappa shape index (κ2) is 10.6. The highest BCUT2D eigenvalue weighted by Crippen LogP contribution is 2.71. The van der Waals surface area contributed by atoms with Crippen molar-refractivity contribution in [1.82, 2.24) is 5.32 Å². The maximum Gasteiger partial charge on any atom is 0.348 e. The Labute approximate surface area is 233 Å². The van der Waals surface area contributed by atoms with Gasteiger partial charge in [-0.1, -0.05) is 19.4 Å². The third-order valence-electron chi connectivity index (χ3n) is 9.95. The zero-order valence-electron chi connectivity index (χ0n) is 24.0. The summed E-state index contributed by atoms with van der Waals surface area (Å²) in [5, 5.41) is 36.4. The third-order valence-corrected chi connectivity index (χ3v) is 9.95. The Morgan fingerprint density at radius 1 is 1.20 bits per heavy atom. The monoisotopic (exact) mass is 563 g/mol. The van der Waals surface area contributed by atoms with Gasteiger partial charge in [-0.05, 0) is 50.5 Å². The minimum atomic E-state index is -1.55. The van der Waals surface area contributed by atoms with Gasteiger partial charge in [0.05, 0.1) is 24.7 Å². The number of ether oxygens (including phenoxy) is 3. The lowest BCUT2D eigenvalue weighted by Crippen LogP contribution is -2.77. The van der Waals surface area contributed by atoms with Crippen molar-refractivity contribution in [1.29, 1.82) is 0 Å². The van der Waals surface area contributed by atoms with E-state index in [0.29, 0.717) is 11.1 Å². The summed E-state index contributed by atoms with van der Waals surface area (Å²) in [5.41, 5.74) is -2.79. The molecule has 1 saturated heterocycles. The van der Waals surface area contributed by atoms with Gasteiger partial charge in [0.25, 0.3) is 0 Å². The molecule has 0 aromatic rings. The van der Waals surface area contributed by atoms with Gasteiger partial charge < -0.3 is 34.8 Å². The first kappa shape index (κ1) is 30.2. The van der Waals surface area contributed by atoms with E-state index in [2.05, 4.69) is 5.32 Å². The van der Waals surface area contributed by atoms with Gasteiger partial charge in [0.2, 0.25) is 12.0 Å². The number of esters is 2. The number of carbonyl (C=O) groups is 4. The lowest BCUT2D eigenvalue weighted by Gasteiger charge is -2.70. The molecule has 11 nitrogen and oxygen atoms in total. The van der Waals surface area contributed by atoms with Crippen LogP contribution in [0.5, 0.6) is 0 Å². The van der Waals surface area contributed by atoms with Crippen LogP contribution in [0, 0.1) is 34.0 Å². The summed E-state index contributed by atoms with van der Waals surface area (Å²) >= 11 is 0. The fraction of sp³-hybridized carbons (Fsp3) is 0.724. The predicted molar refractivity (Wildman–Crippen MR) is 140 cm³/mol. The van der Waals surface area contributed by atoms with Crippen molar-refractivity contribution in [2.75, 3.05) is 26.9 Å². The first-order chi connectivity index (χ1) is 18.7. The van der Waals surface area contributed by atoms with Crippen LogP contribution in [-0.4, -0.2) is 84.1 Å². The average molecular weight is 564 g/mol. The van der Waals surface area contributed by atoms with E-state index in [1.807, 2.05) is 6.92 Å². The number of methoxy groups -OCH3 is 1. The second-order valence-electron chi connectivity index (χ2n) is 12.6. The second-order valence-corrected chi connectivity index (χ2v) is 12.6. The van der Waals surface area contributed by atoms with Gasteiger partial charge in [0.1, 0.15) is 6.10 Å². The van der Waals surface area contributed by atoms with Crippen LogP contribution in [0.1, 0.15) is 53.9 Å². The Bertz CT molecular complexity index is 1160. The molecule has 9 atom stereocenters. The van der Waals surface area contributed by atoms with E-state index >= 15 is 0 Å². The lowest BCUT2D eigenvalue weighted by molar-refractivity contribution is -0.302. The van der Waals surface area contributed by atoms with E-state index in [4.69, 9.17) is 14.2 Å². The van der Waals surface area contributed by atoms with Crippen molar-refractivity contribution >= 4 is 23.6 Å². The predicted octanol–water partition coefficient (Wildman–Crippen LogP) is 1.37. The zero-order chi connectivity index (χ0) is 29.8. The van der Waals surface area contributed by atoms with E-state index in [1.54, 1.807) is 27.7 Å². The standard InChI is InChI=1S/C29H41NO10/c1-14(2)9-20(34)40-22-24-28(5,26(37)30-7-8-38-6)12-18(33)23-27(4)11-17(32)21(35)15(3)16(27)10-19(39-25(22)36)29(23,24)13-31/h9,16,18-19,22-24,31,33,35H,7-8,10-13H2,1-6H3,(H,30,37)/t16?,18-,19?,22+,23?,24?,27?,28?,29?/m0/s1. The van der Waals surface area contributed by atoms with E-state index in [0.717, 1.165) is 0 Å². The van der Waals surface area contributed by atoms with E-state index in [1.165, 1.54) is 13.2 Å². The molecule has 11 heteroatoms. The fourth-order valence-electron chi connectivity index (χ4n) is 8.55. The number of carbonyl (C=O) groups excluding carboxylic acids is 4. The van der Waals surface area contributed by atoms with Crippen molar-refractivity contribution in [2.24, 2.45) is 34.0 Å². The molecule has 0 aromatic heterocycles. The SMILES string of the molecule is COCCNC(=O)C1(C)C[C@H](O)C2C3(C)CC(=O)C(O)=C(C)C3CC3OC(=O)[C@H](OC(=O)C=C(C)C)C1C32CO. The summed E-state index contributed by atoms with van der Waals surface area (Å²) in [6.45, 7) is 8.27. The molecule has 222 valence electrons. The van der Waals surface area contributed by atoms with Gasteiger partial charge in [0.15, 0.2) is 11.5 Å². The summed E-state index contributed by atoms with van der Waals surface area (Å²) in [4.78, 5) is 53.2. The van der Waals surface area contributed by atoms with Crippen molar-refractivity contribution in [2.45, 2.75) is 72.2 Å². The molecule has 0 spiro atoms. The van der Waals surface area contributed by atoms with Crippen molar-refractivity contribution in [3.05, 3.63) is 23.0 Å². The molecule has 4 N–H and O–H groups in total. The van der Waals surface area contributed by atoms with Crippen LogP contribution in [0.25, 0.3) is 0 Å². The molecule has 7 unspecified atom stereocenters. The molecule has 0 bridgehead atoms. The smallest absolute Gasteiger partial charge is 0.348 e. The van der Waals surface area contributed by atoms with Gasteiger partial charge in [0, 0.05) is 43.4 Å². The van der Waals surface area contributed by atoms with E-state index in [9.17, 15) is 34.5 Å². The molecule has 0 aromatic carbocycles. The number of allylic oxidation sites excluding steroid dienone is 3. The number of hydrogen-bond donors (Lipinski definition) is 4. The molecule has 1 aliphatic heterocycles. The number of nitrogens with one attached hydrogen (secondary N) is 1. The highest BCUT2D eigenvalue weighted by molar-refractivity contribution is 5.95. The van der Waals surface area contributed by atoms with E-state index < -0.39 is 82.5 Å². The van der Waals surface area contributed by atoms with Crippen LogP contribution in [0.3, 0.4) is 0 Å². The number of hydrogen-bond acceptors (Lipinski definition) is 10. The molecular weight excluding hydrogens is 522 g/mol. The van der Waals surface area contributed by atoms with Gasteiger partial charge in [-0.25, -0.2) is 9.59 Å². The van der Waals surface area contributed by atoms with Crippen LogP contribution in [0.4, 0.5) is 0 Å². The first-order valence-corrected chi connectivity index (χ1v) is 13.7. The zero-order valence-corrected chi connectivity index (χ0v) is 24.0. The Hall–Kier alpha value is -2.76. The molecule has 4 aliphatic rings. The van der Waals surface area contributed by atoms with Gasteiger partial charge >= 0.3 is 11.9 Å². The highest BCUT2D eigenvalue weighted by Gasteiger charge is 2.77. The Morgan fingerprint density at radius 2 is 1.88 bits per heavy atom. The van der Waals surface area contributed by atoms with Crippen LogP contribution >= 0.6 is 0 Å². The maximum atomic E-state index is 13.8. The van der Waals surface area contributed by atoms with Crippen LogP contribution in [0.15, 0.2) is 23.0 Å². The van der Waals surface area contributed by atoms with Crippen LogP contribution in [-0.2, 0) is 33.4 Å². The van der Waals surface area contributed by atoms with Gasteiger partial charge in [-0.15, -0.1) is 0 Å². The number of ketones is 1. The number of aliphatic hydroxyl groups excluding tert-OH is 3. The Kier molecular flexibility index (Phi) is 7.98. The van der Waals surface area contributed by atoms with Crippen molar-refractivity contribution in [3.63, 3.8) is 0 Å². The number of aliphatic hydroxyl groups is 3. The summed E-state index contributed by atoms with van der Waals surface area (Å²) in [6, 6.07) is 0. The van der Waals surface area contributed by atoms with Crippen LogP contribution in [0.2, 0.25) is 0 Å². The van der Waals surface area contributed by atoms with E-state index in [-0.39, 0.29) is 38.2 Å². The molecule has 2 saturated carbocycles. The largest absolute Gasteiger partial charge is 0.504 e. The Balaban J connectivity index is 1.93. The normalized spacial score (nSPS) is 40.4. The highest BCUT2D eigenvalue weighted by atomic mass is 16.6. The molecule has 3 fully saturated rings. The molecule has 1 heterocycles. The summed E-state index contributed by atoms with van der Waals surface area (Å²) < 4.78 is 16.7. The number of rotatable bonds is 7. The maximum absolute atomic E-state index is 13.8. The molecule has 40 heavy (non-hydrogen) atoms. The lowest BCUT2D eigenvalue weighted by atomic mass is 9.36. The fourth-order valence-corrected chi connectivity index (χ4v) is 8.55. The molecule has 1 amide bonds.